The minimum atomic E-state index is -0.330. The summed E-state index contributed by atoms with van der Waals surface area (Å²) in [6.45, 7) is 0. The fourth-order valence-electron chi connectivity index (χ4n) is 1.77. The average Bonchev–Trinajstić information content (AvgIpc) is 2.73. The van der Waals surface area contributed by atoms with Crippen LogP contribution in [0.15, 0.2) is 45.3 Å². The Hall–Kier alpha value is -1.88. The van der Waals surface area contributed by atoms with Gasteiger partial charge in [-0.3, -0.25) is 0 Å². The van der Waals surface area contributed by atoms with Crippen molar-refractivity contribution in [2.75, 3.05) is 5.73 Å². The van der Waals surface area contributed by atoms with Gasteiger partial charge < -0.3 is 10.2 Å². The van der Waals surface area contributed by atoms with Crippen LogP contribution in [-0.2, 0) is 0 Å². The second-order valence-corrected chi connectivity index (χ2v) is 4.79. The molecule has 5 heteroatoms. The van der Waals surface area contributed by atoms with Crippen LogP contribution in [0.4, 0.5) is 10.1 Å². The average molecular weight is 307 g/mol. The Kier molecular flexibility index (Phi) is 2.56. The zero-order valence-electron chi connectivity index (χ0n) is 9.15. The zero-order valence-corrected chi connectivity index (χ0v) is 10.7. The third kappa shape index (κ3) is 1.86. The summed E-state index contributed by atoms with van der Waals surface area (Å²) in [6.07, 6.45) is 0. The second-order valence-electron chi connectivity index (χ2n) is 3.87. The SMILES string of the molecule is Nc1cc(Br)cc2nc(-c3cccc(F)c3)oc12. The summed E-state index contributed by atoms with van der Waals surface area (Å²) in [6, 6.07) is 9.63. The van der Waals surface area contributed by atoms with Crippen LogP contribution in [-0.4, -0.2) is 4.98 Å². The minimum Gasteiger partial charge on any atom is -0.434 e. The van der Waals surface area contributed by atoms with Gasteiger partial charge in [-0.2, -0.15) is 0 Å². The van der Waals surface area contributed by atoms with Crippen molar-refractivity contribution in [1.29, 1.82) is 0 Å². The number of fused-ring (bicyclic) bond motifs is 1. The van der Waals surface area contributed by atoms with Crippen LogP contribution in [0, 0.1) is 5.82 Å². The molecule has 18 heavy (non-hydrogen) atoms. The fraction of sp³-hybridized carbons (Fsp3) is 0. The van der Waals surface area contributed by atoms with Crippen molar-refractivity contribution < 1.29 is 8.81 Å². The highest BCUT2D eigenvalue weighted by Crippen LogP contribution is 2.30. The highest BCUT2D eigenvalue weighted by atomic mass is 79.9. The highest BCUT2D eigenvalue weighted by Gasteiger charge is 2.11. The van der Waals surface area contributed by atoms with Crippen molar-refractivity contribution in [2.24, 2.45) is 0 Å². The number of anilines is 1. The molecule has 0 spiro atoms. The van der Waals surface area contributed by atoms with Gasteiger partial charge in [0.15, 0.2) is 5.58 Å². The lowest BCUT2D eigenvalue weighted by molar-refractivity contribution is 0.612. The molecule has 3 rings (SSSR count). The zero-order chi connectivity index (χ0) is 12.7. The van der Waals surface area contributed by atoms with Crippen molar-refractivity contribution in [2.45, 2.75) is 0 Å². The molecule has 3 aromatic rings. The number of rotatable bonds is 1. The molecule has 0 bridgehead atoms. The van der Waals surface area contributed by atoms with Crippen molar-refractivity contribution in [3.05, 3.63) is 46.7 Å². The molecule has 1 aromatic heterocycles. The number of hydrogen-bond acceptors (Lipinski definition) is 3. The lowest BCUT2D eigenvalue weighted by atomic mass is 10.2. The van der Waals surface area contributed by atoms with Gasteiger partial charge in [0.05, 0.1) is 5.69 Å². The van der Waals surface area contributed by atoms with Gasteiger partial charge in [-0.05, 0) is 30.3 Å². The molecule has 2 N–H and O–H groups in total. The summed E-state index contributed by atoms with van der Waals surface area (Å²) in [5, 5.41) is 0. The maximum Gasteiger partial charge on any atom is 0.227 e. The van der Waals surface area contributed by atoms with Gasteiger partial charge in [0.25, 0.3) is 0 Å². The topological polar surface area (TPSA) is 52.0 Å². The standard InChI is InChI=1S/C13H8BrFN2O/c14-8-5-10(16)12-11(6-8)17-13(18-12)7-2-1-3-9(15)4-7/h1-6H,16H2. The van der Waals surface area contributed by atoms with E-state index in [2.05, 4.69) is 20.9 Å². The van der Waals surface area contributed by atoms with E-state index in [4.69, 9.17) is 10.2 Å². The number of halogens is 2. The first kappa shape index (κ1) is 11.2. The number of hydrogen-bond donors (Lipinski definition) is 1. The fourth-order valence-corrected chi connectivity index (χ4v) is 2.23. The summed E-state index contributed by atoms with van der Waals surface area (Å²) in [5.74, 6) is 0.0261. The first-order valence-corrected chi connectivity index (χ1v) is 6.04. The lowest BCUT2D eigenvalue weighted by Crippen LogP contribution is -1.84. The molecule has 0 fully saturated rings. The number of nitrogens with two attached hydrogens (primary N) is 1. The van der Waals surface area contributed by atoms with E-state index in [-0.39, 0.29) is 5.82 Å². The molecule has 0 saturated carbocycles. The van der Waals surface area contributed by atoms with Gasteiger partial charge >= 0.3 is 0 Å². The maximum absolute atomic E-state index is 13.2. The smallest absolute Gasteiger partial charge is 0.227 e. The molecule has 0 aliphatic rings. The molecule has 0 aliphatic carbocycles. The van der Waals surface area contributed by atoms with E-state index in [1.54, 1.807) is 24.3 Å². The predicted molar refractivity (Wildman–Crippen MR) is 71.5 cm³/mol. The Morgan fingerprint density at radius 2 is 2.06 bits per heavy atom. The van der Waals surface area contributed by atoms with Crippen LogP contribution >= 0.6 is 15.9 Å². The van der Waals surface area contributed by atoms with Crippen LogP contribution in [0.3, 0.4) is 0 Å². The maximum atomic E-state index is 13.2. The minimum absolute atomic E-state index is 0.330. The number of nitrogen functional groups attached to an aromatic ring is 1. The van der Waals surface area contributed by atoms with Gasteiger partial charge in [0.2, 0.25) is 5.89 Å². The Bertz CT molecular complexity index is 739. The third-order valence-corrected chi connectivity index (χ3v) is 3.01. The van der Waals surface area contributed by atoms with Crippen LogP contribution in [0.2, 0.25) is 0 Å². The molecule has 0 atom stereocenters. The summed E-state index contributed by atoms with van der Waals surface area (Å²) in [7, 11) is 0. The van der Waals surface area contributed by atoms with E-state index in [1.165, 1.54) is 12.1 Å². The van der Waals surface area contributed by atoms with Crippen LogP contribution < -0.4 is 5.73 Å². The van der Waals surface area contributed by atoms with E-state index < -0.39 is 0 Å². The van der Waals surface area contributed by atoms with E-state index in [1.807, 2.05) is 0 Å². The number of nitrogens with zero attached hydrogens (tertiary/aromatic N) is 1. The normalized spacial score (nSPS) is 11.0. The van der Waals surface area contributed by atoms with Gasteiger partial charge in [0, 0.05) is 10.0 Å². The van der Waals surface area contributed by atoms with Gasteiger partial charge in [-0.15, -0.1) is 0 Å². The number of benzene rings is 2. The Morgan fingerprint density at radius 1 is 1.22 bits per heavy atom. The molecule has 3 nitrogen and oxygen atoms in total. The second kappa shape index (κ2) is 4.10. The molecule has 0 radical (unpaired) electrons. The van der Waals surface area contributed by atoms with Crippen molar-refractivity contribution in [3.8, 4) is 11.5 Å². The van der Waals surface area contributed by atoms with Crippen molar-refractivity contribution in [1.82, 2.24) is 4.98 Å². The Morgan fingerprint density at radius 3 is 2.83 bits per heavy atom. The van der Waals surface area contributed by atoms with Crippen molar-refractivity contribution in [3.63, 3.8) is 0 Å². The number of aromatic nitrogens is 1. The molecule has 0 saturated heterocycles. The molecular formula is C13H8BrFN2O. The predicted octanol–water partition coefficient (Wildman–Crippen LogP) is 3.98. The summed E-state index contributed by atoms with van der Waals surface area (Å²) >= 11 is 3.34. The van der Waals surface area contributed by atoms with Crippen LogP contribution in [0.1, 0.15) is 0 Å². The number of oxazole rings is 1. The van der Waals surface area contributed by atoms with E-state index in [0.29, 0.717) is 28.2 Å². The quantitative estimate of drug-likeness (QED) is 0.692. The summed E-state index contributed by atoms with van der Waals surface area (Å²) in [4.78, 5) is 4.30. The van der Waals surface area contributed by atoms with Gasteiger partial charge in [-0.1, -0.05) is 22.0 Å². The molecule has 2 aromatic carbocycles. The summed E-state index contributed by atoms with van der Waals surface area (Å²) < 4.78 is 19.5. The highest BCUT2D eigenvalue weighted by molar-refractivity contribution is 9.10. The molecule has 90 valence electrons. The molecule has 1 heterocycles. The first-order valence-electron chi connectivity index (χ1n) is 5.25. The van der Waals surface area contributed by atoms with E-state index in [9.17, 15) is 4.39 Å². The van der Waals surface area contributed by atoms with Gasteiger partial charge in [0.1, 0.15) is 11.3 Å². The van der Waals surface area contributed by atoms with Crippen molar-refractivity contribution >= 4 is 32.7 Å². The Labute approximate surface area is 111 Å². The first-order chi connectivity index (χ1) is 8.63. The Balaban J connectivity index is 2.22. The molecule has 0 aliphatic heterocycles. The molecule has 0 amide bonds. The van der Waals surface area contributed by atoms with E-state index in [0.717, 1.165) is 4.47 Å². The third-order valence-electron chi connectivity index (χ3n) is 2.56. The lowest BCUT2D eigenvalue weighted by Gasteiger charge is -1.95. The molecule has 0 unspecified atom stereocenters. The van der Waals surface area contributed by atoms with Crippen LogP contribution in [0.5, 0.6) is 0 Å². The largest absolute Gasteiger partial charge is 0.434 e. The molecular weight excluding hydrogens is 299 g/mol. The van der Waals surface area contributed by atoms with E-state index >= 15 is 0 Å². The summed E-state index contributed by atoms with van der Waals surface area (Å²) in [5.41, 5.74) is 8.07. The van der Waals surface area contributed by atoms with Gasteiger partial charge in [-0.25, -0.2) is 9.37 Å². The van der Waals surface area contributed by atoms with Crippen LogP contribution in [0.25, 0.3) is 22.6 Å². The monoisotopic (exact) mass is 306 g/mol.